The number of nitrogens with zero attached hydrogens (tertiary/aromatic N) is 5. The molecule has 27 heavy (non-hydrogen) atoms. The largest absolute Gasteiger partial charge is 0.378 e. The van der Waals surface area contributed by atoms with Crippen LogP contribution in [0.5, 0.6) is 0 Å². The van der Waals surface area contributed by atoms with E-state index in [1.54, 1.807) is 24.3 Å². The third-order valence-corrected chi connectivity index (χ3v) is 3.77. The lowest BCUT2D eigenvalue weighted by Gasteiger charge is -2.08. The van der Waals surface area contributed by atoms with Gasteiger partial charge >= 0.3 is 0 Å². The van der Waals surface area contributed by atoms with Crippen LogP contribution in [0.25, 0.3) is 33.9 Å². The molecule has 0 aliphatic heterocycles. The molecule has 0 aliphatic carbocycles. The third-order valence-electron chi connectivity index (χ3n) is 3.77. The summed E-state index contributed by atoms with van der Waals surface area (Å²) in [5.41, 5.74) is 2.82. The minimum atomic E-state index is -2.52. The minimum Gasteiger partial charge on any atom is -0.378 e. The van der Waals surface area contributed by atoms with Gasteiger partial charge in [-0.05, 0) is 46.7 Å². The number of aromatic nitrogens is 4. The number of alkyl halides is 2. The highest BCUT2D eigenvalue weighted by atomic mass is 19.3. The van der Waals surface area contributed by atoms with Crippen molar-refractivity contribution in [1.29, 1.82) is 5.26 Å². The molecule has 10 heteroatoms. The molecule has 2 heterocycles. The third kappa shape index (κ3) is 3.30. The van der Waals surface area contributed by atoms with E-state index in [0.29, 0.717) is 33.7 Å². The first-order chi connectivity index (χ1) is 13.1. The van der Waals surface area contributed by atoms with E-state index in [0.717, 1.165) is 0 Å². The van der Waals surface area contributed by atoms with Crippen molar-refractivity contribution in [2.75, 3.05) is 11.9 Å². The van der Waals surface area contributed by atoms with Gasteiger partial charge in [0.25, 0.3) is 12.3 Å². The monoisotopic (exact) mass is 368 g/mol. The molecule has 1 N–H and O–H groups in total. The molecule has 0 saturated carbocycles. The molecule has 2 aromatic heterocycles. The molecule has 0 saturated heterocycles. The maximum absolute atomic E-state index is 12.3. The number of rotatable bonds is 5. The van der Waals surface area contributed by atoms with E-state index in [-0.39, 0.29) is 11.5 Å². The van der Waals surface area contributed by atoms with Gasteiger partial charge in [0, 0.05) is 11.1 Å². The van der Waals surface area contributed by atoms with Gasteiger partial charge in [0.15, 0.2) is 0 Å². The summed E-state index contributed by atoms with van der Waals surface area (Å²) in [4.78, 5) is 4.31. The van der Waals surface area contributed by atoms with Gasteiger partial charge < -0.3 is 9.84 Å². The molecule has 0 atom stereocenters. The second kappa shape index (κ2) is 6.80. The normalized spacial score (nSPS) is 11.0. The van der Waals surface area contributed by atoms with Crippen molar-refractivity contribution in [3.8, 4) is 28.9 Å². The van der Waals surface area contributed by atoms with E-state index in [4.69, 9.17) is 4.52 Å². The van der Waals surface area contributed by atoms with Gasteiger partial charge in [-0.15, -0.1) is 0 Å². The minimum absolute atomic E-state index is 0.195. The smallest absolute Gasteiger partial charge is 0.258 e. The zero-order chi connectivity index (χ0) is 18.8. The molecule has 0 amide bonds. The second-order valence-electron chi connectivity index (χ2n) is 5.54. The molecule has 8 nitrogen and oxygen atoms in total. The Labute approximate surface area is 150 Å². The van der Waals surface area contributed by atoms with Gasteiger partial charge in [0.1, 0.15) is 17.1 Å². The first-order valence-corrected chi connectivity index (χ1v) is 7.77. The standard InChI is InChI=1S/C17H10F2N6O2/c18-15(19)8-21-12-3-2-10(5-11(12)7-20)17-22-16(25-26-17)9-1-4-13-14(6-9)24-27-23-13/h1-6,15,21H,8H2. The number of nitrogens with one attached hydrogen (secondary N) is 1. The van der Waals surface area contributed by atoms with Crippen LogP contribution < -0.4 is 5.32 Å². The molecule has 0 fully saturated rings. The zero-order valence-electron chi connectivity index (χ0n) is 13.6. The van der Waals surface area contributed by atoms with Crippen molar-refractivity contribution in [2.45, 2.75) is 6.43 Å². The Morgan fingerprint density at radius 3 is 2.67 bits per heavy atom. The fraction of sp³-hybridized carbons (Fsp3) is 0.118. The Morgan fingerprint density at radius 2 is 1.85 bits per heavy atom. The van der Waals surface area contributed by atoms with E-state index in [9.17, 15) is 14.0 Å². The van der Waals surface area contributed by atoms with Gasteiger partial charge in [-0.3, -0.25) is 0 Å². The Balaban J connectivity index is 1.63. The highest BCUT2D eigenvalue weighted by Crippen LogP contribution is 2.27. The summed E-state index contributed by atoms with van der Waals surface area (Å²) in [5.74, 6) is 0.522. The van der Waals surface area contributed by atoms with E-state index in [2.05, 4.69) is 30.4 Å². The quantitative estimate of drug-likeness (QED) is 0.569. The summed E-state index contributed by atoms with van der Waals surface area (Å²) in [6.45, 7) is -0.544. The SMILES string of the molecule is N#Cc1cc(-c2nc(-c3ccc4nonc4c3)no2)ccc1NCC(F)F. The summed E-state index contributed by atoms with van der Waals surface area (Å²) in [7, 11) is 0. The lowest BCUT2D eigenvalue weighted by molar-refractivity contribution is 0.163. The van der Waals surface area contributed by atoms with Gasteiger partial charge in [-0.25, -0.2) is 13.4 Å². The average molecular weight is 368 g/mol. The topological polar surface area (TPSA) is 114 Å². The fourth-order valence-corrected chi connectivity index (χ4v) is 2.49. The fourth-order valence-electron chi connectivity index (χ4n) is 2.49. The molecule has 2 aromatic carbocycles. The Hall–Kier alpha value is -3.87. The maximum Gasteiger partial charge on any atom is 0.258 e. The zero-order valence-corrected chi connectivity index (χ0v) is 13.6. The predicted molar refractivity (Wildman–Crippen MR) is 89.7 cm³/mol. The Bertz CT molecular complexity index is 1150. The number of hydrogen-bond donors (Lipinski definition) is 1. The summed E-state index contributed by atoms with van der Waals surface area (Å²) in [6.07, 6.45) is -2.52. The van der Waals surface area contributed by atoms with E-state index in [1.807, 2.05) is 6.07 Å². The van der Waals surface area contributed by atoms with Crippen LogP contribution in [0.2, 0.25) is 0 Å². The van der Waals surface area contributed by atoms with Crippen LogP contribution in [0, 0.1) is 11.3 Å². The molecule has 0 radical (unpaired) electrons. The van der Waals surface area contributed by atoms with E-state index < -0.39 is 13.0 Å². The van der Waals surface area contributed by atoms with Crippen molar-refractivity contribution >= 4 is 16.7 Å². The van der Waals surface area contributed by atoms with Crippen LogP contribution in [0.1, 0.15) is 5.56 Å². The van der Waals surface area contributed by atoms with Crippen LogP contribution in [-0.4, -0.2) is 33.4 Å². The molecule has 134 valence electrons. The molecule has 0 bridgehead atoms. The highest BCUT2D eigenvalue weighted by Gasteiger charge is 2.14. The first kappa shape index (κ1) is 16.6. The lowest BCUT2D eigenvalue weighted by Crippen LogP contribution is -2.11. The maximum atomic E-state index is 12.3. The number of nitriles is 1. The average Bonchev–Trinajstić information content (AvgIpc) is 3.34. The van der Waals surface area contributed by atoms with Crippen LogP contribution in [0.3, 0.4) is 0 Å². The number of hydrogen-bond acceptors (Lipinski definition) is 8. The molecule has 0 spiro atoms. The molecule has 4 rings (SSSR count). The molecular formula is C17H10F2N6O2. The first-order valence-electron chi connectivity index (χ1n) is 7.77. The van der Waals surface area contributed by atoms with Gasteiger partial charge in [0.05, 0.1) is 17.8 Å². The van der Waals surface area contributed by atoms with Gasteiger partial charge in [0.2, 0.25) is 5.82 Å². The van der Waals surface area contributed by atoms with Crippen molar-refractivity contribution in [3.63, 3.8) is 0 Å². The Morgan fingerprint density at radius 1 is 1.04 bits per heavy atom. The number of fused-ring (bicyclic) bond motifs is 1. The van der Waals surface area contributed by atoms with Crippen LogP contribution in [0.15, 0.2) is 45.6 Å². The van der Waals surface area contributed by atoms with Crippen LogP contribution in [0.4, 0.5) is 14.5 Å². The Kier molecular flexibility index (Phi) is 4.18. The van der Waals surface area contributed by atoms with Gasteiger partial charge in [-0.2, -0.15) is 10.2 Å². The van der Waals surface area contributed by atoms with E-state index in [1.165, 1.54) is 12.1 Å². The van der Waals surface area contributed by atoms with E-state index >= 15 is 0 Å². The molecule has 0 unspecified atom stereocenters. The highest BCUT2D eigenvalue weighted by molar-refractivity contribution is 5.79. The van der Waals surface area contributed by atoms with Gasteiger partial charge in [-0.1, -0.05) is 5.16 Å². The summed E-state index contributed by atoms with van der Waals surface area (Å²) < 4.78 is 34.6. The molecular weight excluding hydrogens is 358 g/mol. The number of benzene rings is 2. The molecule has 0 aliphatic rings. The predicted octanol–water partition coefficient (Wildman–Crippen LogP) is 3.49. The van der Waals surface area contributed by atoms with Crippen LogP contribution >= 0.6 is 0 Å². The summed E-state index contributed by atoms with van der Waals surface area (Å²) >= 11 is 0. The van der Waals surface area contributed by atoms with Crippen molar-refractivity contribution < 1.29 is 17.9 Å². The molecule has 4 aromatic rings. The van der Waals surface area contributed by atoms with Crippen molar-refractivity contribution in [3.05, 3.63) is 42.0 Å². The summed E-state index contributed by atoms with van der Waals surface area (Å²) in [6, 6.07) is 11.8. The second-order valence-corrected chi connectivity index (χ2v) is 5.54. The summed E-state index contributed by atoms with van der Waals surface area (Å²) in [5, 5.41) is 23.2. The number of halogens is 2. The van der Waals surface area contributed by atoms with Crippen molar-refractivity contribution in [1.82, 2.24) is 20.5 Å². The lowest BCUT2D eigenvalue weighted by atomic mass is 10.1. The van der Waals surface area contributed by atoms with Crippen LogP contribution in [-0.2, 0) is 0 Å². The van der Waals surface area contributed by atoms with Crippen molar-refractivity contribution in [2.24, 2.45) is 0 Å². The number of anilines is 1.